The zero-order valence-corrected chi connectivity index (χ0v) is 26.7. The highest BCUT2D eigenvalue weighted by Gasteiger charge is 2.47. The third-order valence-corrected chi connectivity index (χ3v) is 13.7. The molecule has 0 radical (unpaired) electrons. The van der Waals surface area contributed by atoms with Crippen LogP contribution in [0.1, 0.15) is 99.2 Å². The maximum Gasteiger partial charge on any atom is 0.0449 e. The molecule has 2 aliphatic heterocycles. The molecule has 2 saturated carbocycles. The maximum absolute atomic E-state index is 2.79. The van der Waals surface area contributed by atoms with Gasteiger partial charge in [-0.2, -0.15) is 0 Å². The van der Waals surface area contributed by atoms with Crippen LogP contribution in [0.2, 0.25) is 0 Å². The fourth-order valence-corrected chi connectivity index (χ4v) is 11.8. The summed E-state index contributed by atoms with van der Waals surface area (Å²) in [6.45, 7) is 0. The van der Waals surface area contributed by atoms with Gasteiger partial charge in [-0.05, 0) is 126 Å². The number of fused-ring (bicyclic) bond motifs is 5. The Morgan fingerprint density at radius 1 is 0.795 bits per heavy atom. The van der Waals surface area contributed by atoms with E-state index in [4.69, 9.17) is 0 Å². The summed E-state index contributed by atoms with van der Waals surface area (Å²) < 4.78 is 0. The van der Waals surface area contributed by atoms with Crippen molar-refractivity contribution in [1.82, 2.24) is 0 Å². The van der Waals surface area contributed by atoms with Crippen LogP contribution in [0.3, 0.4) is 0 Å². The predicted octanol–water partition coefficient (Wildman–Crippen LogP) is 11.6. The molecule has 224 valence electrons. The van der Waals surface area contributed by atoms with Gasteiger partial charge in [0, 0.05) is 34.5 Å². The van der Waals surface area contributed by atoms with Crippen molar-refractivity contribution in [3.05, 3.63) is 124 Å². The Morgan fingerprint density at radius 2 is 1.75 bits per heavy atom. The van der Waals surface area contributed by atoms with Gasteiger partial charge in [-0.1, -0.05) is 91.8 Å². The van der Waals surface area contributed by atoms with Crippen molar-refractivity contribution in [3.63, 3.8) is 0 Å². The molecule has 7 aliphatic rings. The van der Waals surface area contributed by atoms with Crippen LogP contribution < -0.4 is 4.90 Å². The first-order valence-electron chi connectivity index (χ1n) is 17.6. The Balaban J connectivity index is 1.06. The lowest BCUT2D eigenvalue weighted by atomic mass is 9.69. The van der Waals surface area contributed by atoms with Crippen molar-refractivity contribution in [2.24, 2.45) is 17.8 Å². The van der Waals surface area contributed by atoms with Gasteiger partial charge in [-0.15, -0.1) is 11.8 Å². The van der Waals surface area contributed by atoms with E-state index >= 15 is 0 Å². The molecule has 5 aliphatic carbocycles. The fraction of sp³-hybridized carbons (Fsp3) is 0.429. The van der Waals surface area contributed by atoms with E-state index in [0.717, 1.165) is 42.3 Å². The van der Waals surface area contributed by atoms with Crippen molar-refractivity contribution in [2.45, 2.75) is 93.8 Å². The van der Waals surface area contributed by atoms with E-state index in [0.29, 0.717) is 17.9 Å². The Morgan fingerprint density at radius 3 is 2.66 bits per heavy atom. The lowest BCUT2D eigenvalue weighted by Crippen LogP contribution is -2.37. The van der Waals surface area contributed by atoms with Crippen molar-refractivity contribution < 1.29 is 0 Å². The highest BCUT2D eigenvalue weighted by atomic mass is 32.2. The Kier molecular flexibility index (Phi) is 7.11. The average molecular weight is 596 g/mol. The number of nitrogens with zero attached hydrogens (tertiary/aromatic N) is 1. The van der Waals surface area contributed by atoms with E-state index < -0.39 is 0 Å². The lowest BCUT2D eigenvalue weighted by molar-refractivity contribution is 0.242. The second-order valence-corrected chi connectivity index (χ2v) is 15.7. The third-order valence-electron chi connectivity index (χ3n) is 12.1. The molecule has 2 heterocycles. The molecule has 0 spiro atoms. The first kappa shape index (κ1) is 27.3. The second kappa shape index (κ2) is 11.4. The van der Waals surface area contributed by atoms with Gasteiger partial charge in [-0.25, -0.2) is 0 Å². The Bertz CT molecular complexity index is 1630. The van der Waals surface area contributed by atoms with Gasteiger partial charge in [-0.3, -0.25) is 0 Å². The monoisotopic (exact) mass is 595 g/mol. The molecule has 2 heteroatoms. The maximum atomic E-state index is 2.79. The summed E-state index contributed by atoms with van der Waals surface area (Å²) in [5, 5.41) is 0.865. The molecule has 0 N–H and O–H groups in total. The number of anilines is 2. The molecule has 0 aromatic heterocycles. The van der Waals surface area contributed by atoms with Crippen LogP contribution in [0.5, 0.6) is 0 Å². The van der Waals surface area contributed by atoms with Crippen LogP contribution in [0.25, 0.3) is 5.57 Å². The standard InChI is InChI=1S/C42H45NS/c1-3-12-28(13-4-1)31-24-32(29-14-5-2-6-15-29)26-33(25-31)43-39-20-9-7-16-35(39)38-27-30(22-23-40(38)43)34-18-11-19-37-36-17-8-10-21-41(36)44-42(34)37/h1-5,7,9,11-12,14,16,19-20,24-26,28,30,34,36,38,40-41H,6,8,10,13,15,17-18,21-23,27H2. The van der Waals surface area contributed by atoms with Gasteiger partial charge in [0.2, 0.25) is 0 Å². The molecule has 0 bridgehead atoms. The zero-order valence-electron chi connectivity index (χ0n) is 25.9. The molecular formula is C42H45NS. The highest BCUT2D eigenvalue weighted by molar-refractivity contribution is 8.04. The minimum absolute atomic E-state index is 0.456. The molecule has 1 nitrogen and oxygen atoms in total. The SMILES string of the molecule is C1=CCCC(c2cc(C3C=CC=CC3)cc(N3c4ccccc4C4CC(C5CC=CC6=C5SC5CCCCC65)CCC43)c2)=C1. The predicted molar refractivity (Wildman–Crippen MR) is 188 cm³/mol. The zero-order chi connectivity index (χ0) is 29.0. The van der Waals surface area contributed by atoms with Crippen molar-refractivity contribution in [2.75, 3.05) is 4.90 Å². The van der Waals surface area contributed by atoms with E-state index in [2.05, 4.69) is 114 Å². The number of hydrogen-bond donors (Lipinski definition) is 0. The van der Waals surface area contributed by atoms with E-state index in [1.54, 1.807) is 11.1 Å². The smallest absolute Gasteiger partial charge is 0.0449 e. The van der Waals surface area contributed by atoms with Crippen LogP contribution in [0.15, 0.2) is 108 Å². The number of rotatable bonds is 4. The summed E-state index contributed by atoms with van der Waals surface area (Å²) in [7, 11) is 0. The van der Waals surface area contributed by atoms with Crippen LogP contribution >= 0.6 is 11.8 Å². The first-order chi connectivity index (χ1) is 21.8. The second-order valence-electron chi connectivity index (χ2n) is 14.4. The average Bonchev–Trinajstić information content (AvgIpc) is 3.64. The lowest BCUT2D eigenvalue weighted by Gasteiger charge is -2.41. The molecule has 2 aromatic rings. The normalized spacial score (nSPS) is 33.6. The van der Waals surface area contributed by atoms with Crippen LogP contribution in [0.4, 0.5) is 11.4 Å². The molecule has 7 unspecified atom stereocenters. The number of allylic oxidation sites excluding steroid dienone is 12. The topological polar surface area (TPSA) is 3.24 Å². The highest BCUT2D eigenvalue weighted by Crippen LogP contribution is 2.59. The summed E-state index contributed by atoms with van der Waals surface area (Å²) in [6.07, 6.45) is 35.6. The van der Waals surface area contributed by atoms with Crippen LogP contribution in [-0.2, 0) is 0 Å². The first-order valence-corrected chi connectivity index (χ1v) is 18.5. The van der Waals surface area contributed by atoms with Crippen molar-refractivity contribution in [3.8, 4) is 0 Å². The van der Waals surface area contributed by atoms with Gasteiger partial charge in [0.05, 0.1) is 0 Å². The fourth-order valence-electron chi connectivity index (χ4n) is 9.94. The van der Waals surface area contributed by atoms with E-state index in [-0.39, 0.29) is 0 Å². The van der Waals surface area contributed by atoms with E-state index in [1.807, 2.05) is 4.91 Å². The Hall–Kier alpha value is -2.97. The molecule has 2 fully saturated rings. The summed E-state index contributed by atoms with van der Waals surface area (Å²) in [6, 6.07) is 17.6. The van der Waals surface area contributed by atoms with Crippen LogP contribution in [-0.4, -0.2) is 11.3 Å². The summed E-state index contributed by atoms with van der Waals surface area (Å²) in [5.41, 5.74) is 10.6. The number of thioether (sulfide) groups is 1. The van der Waals surface area contributed by atoms with Gasteiger partial charge in [0.1, 0.15) is 0 Å². The van der Waals surface area contributed by atoms with Crippen LogP contribution in [0, 0.1) is 17.8 Å². The summed E-state index contributed by atoms with van der Waals surface area (Å²) in [5.74, 6) is 3.46. The minimum atomic E-state index is 0.456. The summed E-state index contributed by atoms with van der Waals surface area (Å²) >= 11 is 2.32. The molecule has 2 aromatic carbocycles. The molecule has 0 saturated heterocycles. The number of hydrogen-bond acceptors (Lipinski definition) is 2. The minimum Gasteiger partial charge on any atom is -0.337 e. The third kappa shape index (κ3) is 4.66. The number of para-hydroxylation sites is 1. The molecule has 7 atom stereocenters. The van der Waals surface area contributed by atoms with Crippen molar-refractivity contribution in [1.29, 1.82) is 0 Å². The molecular weight excluding hydrogens is 551 g/mol. The van der Waals surface area contributed by atoms with E-state index in [9.17, 15) is 0 Å². The van der Waals surface area contributed by atoms with E-state index in [1.165, 1.54) is 79.4 Å². The quantitative estimate of drug-likeness (QED) is 0.346. The van der Waals surface area contributed by atoms with Gasteiger partial charge in [0.25, 0.3) is 0 Å². The van der Waals surface area contributed by atoms with Gasteiger partial charge in [0.15, 0.2) is 0 Å². The largest absolute Gasteiger partial charge is 0.337 e. The number of benzene rings is 2. The summed E-state index contributed by atoms with van der Waals surface area (Å²) in [4.78, 5) is 4.60. The molecule has 9 rings (SSSR count). The molecule has 44 heavy (non-hydrogen) atoms. The van der Waals surface area contributed by atoms with Gasteiger partial charge < -0.3 is 4.90 Å². The molecule has 0 amide bonds. The van der Waals surface area contributed by atoms with Crippen molar-refractivity contribution >= 4 is 28.7 Å². The Labute approximate surface area is 268 Å². The van der Waals surface area contributed by atoms with Gasteiger partial charge >= 0.3 is 0 Å².